The van der Waals surface area contributed by atoms with Crippen LogP contribution in [0.5, 0.6) is 0 Å². The molecule has 0 aliphatic heterocycles. The molecule has 2 heterocycles. The van der Waals surface area contributed by atoms with Gasteiger partial charge in [0.25, 0.3) is 0 Å². The minimum Gasteiger partial charge on any atom is -0.456 e. The highest BCUT2D eigenvalue weighted by Gasteiger charge is 2.25. The monoisotopic (exact) mass is 677 g/mol. The maximum absolute atomic E-state index is 6.58. The summed E-state index contributed by atoms with van der Waals surface area (Å²) in [5.41, 5.74) is 11.2. The van der Waals surface area contributed by atoms with E-state index in [2.05, 4.69) is 175 Å². The lowest BCUT2D eigenvalue weighted by Crippen LogP contribution is -2.11. The summed E-state index contributed by atoms with van der Waals surface area (Å²) in [7, 11) is 0. The van der Waals surface area contributed by atoms with Crippen LogP contribution in [0.25, 0.3) is 87.7 Å². The van der Waals surface area contributed by atoms with E-state index < -0.39 is 0 Å². The molecule has 0 atom stereocenters. The summed E-state index contributed by atoms with van der Waals surface area (Å²) in [6.45, 7) is 0. The first-order valence-corrected chi connectivity index (χ1v) is 18.0. The Morgan fingerprint density at radius 1 is 0.340 bits per heavy atom. The summed E-state index contributed by atoms with van der Waals surface area (Å²) >= 11 is 0. The van der Waals surface area contributed by atoms with Gasteiger partial charge < -0.3 is 13.7 Å². The first-order chi connectivity index (χ1) is 26.3. The van der Waals surface area contributed by atoms with Gasteiger partial charge in [0.15, 0.2) is 0 Å². The molecule has 0 N–H and O–H groups in total. The predicted octanol–water partition coefficient (Wildman–Crippen LogP) is 14.6. The van der Waals surface area contributed by atoms with E-state index in [4.69, 9.17) is 8.83 Å². The third-order valence-electron chi connectivity index (χ3n) is 10.7. The largest absolute Gasteiger partial charge is 0.456 e. The maximum atomic E-state index is 6.58. The first-order valence-electron chi connectivity index (χ1n) is 18.0. The van der Waals surface area contributed by atoms with Gasteiger partial charge in [0, 0.05) is 44.5 Å². The van der Waals surface area contributed by atoms with Crippen molar-refractivity contribution in [2.75, 3.05) is 4.90 Å². The van der Waals surface area contributed by atoms with Gasteiger partial charge in [-0.3, -0.25) is 0 Å². The number of hydrogen-bond acceptors (Lipinski definition) is 3. The fourth-order valence-electron chi connectivity index (χ4n) is 8.24. The Morgan fingerprint density at radius 3 is 1.74 bits per heavy atom. The summed E-state index contributed by atoms with van der Waals surface area (Å²) in [5, 5.41) is 9.23. The predicted molar refractivity (Wildman–Crippen MR) is 222 cm³/mol. The van der Waals surface area contributed by atoms with Crippen LogP contribution in [0.1, 0.15) is 0 Å². The number of fused-ring (bicyclic) bond motifs is 9. The Morgan fingerprint density at radius 2 is 0.925 bits per heavy atom. The Bertz CT molecular complexity index is 3170. The molecule has 11 rings (SSSR count). The number of hydrogen-bond donors (Lipinski definition) is 0. The lowest BCUT2D eigenvalue weighted by molar-refractivity contribution is 0.668. The van der Waals surface area contributed by atoms with Crippen molar-refractivity contribution >= 4 is 82.5 Å². The van der Waals surface area contributed by atoms with Crippen LogP contribution in [-0.2, 0) is 0 Å². The zero-order valence-corrected chi connectivity index (χ0v) is 28.7. The van der Waals surface area contributed by atoms with E-state index in [9.17, 15) is 0 Å². The van der Waals surface area contributed by atoms with Gasteiger partial charge >= 0.3 is 0 Å². The van der Waals surface area contributed by atoms with Crippen molar-refractivity contribution in [3.63, 3.8) is 0 Å². The third kappa shape index (κ3) is 4.68. The molecule has 3 nitrogen and oxygen atoms in total. The summed E-state index contributed by atoms with van der Waals surface area (Å²) in [5.74, 6) is 0. The van der Waals surface area contributed by atoms with Crippen LogP contribution in [0.15, 0.2) is 197 Å². The standard InChI is InChI=1S/C50H31NO2/c1-2-12-32(13-3-1)33-22-24-35(25-23-33)51(36-26-27-41-40-18-8-10-20-45(40)53-48(41)31-36)44-28-29-47-50(42-19-9-11-21-46(42)52-47)49(44)43-30-34-14-4-5-15-37(34)38-16-6-7-17-39(38)43/h1-31H. The molecule has 9 aromatic carbocycles. The number of anilines is 3. The molecule has 248 valence electrons. The molecule has 0 amide bonds. The van der Waals surface area contributed by atoms with Gasteiger partial charge in [0.2, 0.25) is 0 Å². The molecule has 0 unspecified atom stereocenters. The summed E-state index contributed by atoms with van der Waals surface area (Å²) in [6, 6.07) is 66.8. The number of nitrogens with zero attached hydrogens (tertiary/aromatic N) is 1. The Labute approximate surface area is 305 Å². The minimum absolute atomic E-state index is 0.849. The Kier molecular flexibility index (Phi) is 6.55. The van der Waals surface area contributed by atoms with Crippen LogP contribution in [0.4, 0.5) is 17.1 Å². The molecule has 0 radical (unpaired) electrons. The van der Waals surface area contributed by atoms with Crippen molar-refractivity contribution < 1.29 is 8.83 Å². The van der Waals surface area contributed by atoms with Gasteiger partial charge in [0.1, 0.15) is 22.3 Å². The van der Waals surface area contributed by atoms with Crippen molar-refractivity contribution in [3.05, 3.63) is 188 Å². The van der Waals surface area contributed by atoms with E-state index in [1.54, 1.807) is 0 Å². The van der Waals surface area contributed by atoms with Gasteiger partial charge in [-0.05, 0) is 92.8 Å². The zero-order valence-electron chi connectivity index (χ0n) is 28.7. The molecule has 0 spiro atoms. The lowest BCUT2D eigenvalue weighted by Gasteiger charge is -2.29. The van der Waals surface area contributed by atoms with E-state index >= 15 is 0 Å². The Balaban J connectivity index is 1.25. The molecule has 11 aromatic rings. The molecule has 0 fully saturated rings. The molecule has 0 saturated carbocycles. The number of furan rings is 2. The number of benzene rings is 9. The molecule has 0 aliphatic rings. The summed E-state index contributed by atoms with van der Waals surface area (Å²) < 4.78 is 13.1. The molecule has 0 saturated heterocycles. The zero-order chi connectivity index (χ0) is 34.9. The molecule has 0 aliphatic carbocycles. The van der Waals surface area contributed by atoms with Crippen molar-refractivity contribution in [3.8, 4) is 22.3 Å². The van der Waals surface area contributed by atoms with Gasteiger partial charge in [-0.15, -0.1) is 0 Å². The second-order valence-corrected chi connectivity index (χ2v) is 13.6. The van der Waals surface area contributed by atoms with Crippen molar-refractivity contribution in [1.29, 1.82) is 0 Å². The molecule has 2 aromatic heterocycles. The molecule has 53 heavy (non-hydrogen) atoms. The van der Waals surface area contributed by atoms with Crippen LogP contribution < -0.4 is 4.90 Å². The van der Waals surface area contributed by atoms with E-state index in [-0.39, 0.29) is 0 Å². The first kappa shape index (κ1) is 29.6. The second-order valence-electron chi connectivity index (χ2n) is 13.6. The topological polar surface area (TPSA) is 29.5 Å². The maximum Gasteiger partial charge on any atom is 0.137 e. The van der Waals surface area contributed by atoms with E-state index in [0.717, 1.165) is 72.1 Å². The van der Waals surface area contributed by atoms with Crippen molar-refractivity contribution in [2.24, 2.45) is 0 Å². The van der Waals surface area contributed by atoms with E-state index in [1.165, 1.54) is 32.7 Å². The minimum atomic E-state index is 0.849. The van der Waals surface area contributed by atoms with Gasteiger partial charge in [-0.25, -0.2) is 0 Å². The van der Waals surface area contributed by atoms with Crippen LogP contribution in [-0.4, -0.2) is 0 Å². The smallest absolute Gasteiger partial charge is 0.137 e. The highest BCUT2D eigenvalue weighted by atomic mass is 16.3. The van der Waals surface area contributed by atoms with Crippen LogP contribution in [0.2, 0.25) is 0 Å². The lowest BCUT2D eigenvalue weighted by atomic mass is 9.89. The number of para-hydroxylation sites is 2. The van der Waals surface area contributed by atoms with E-state index in [0.29, 0.717) is 0 Å². The SMILES string of the molecule is c1ccc(-c2ccc(N(c3ccc4c(c3)oc3ccccc34)c3ccc4oc5ccccc5c4c3-c3cc4ccccc4c4ccccc34)cc2)cc1. The summed E-state index contributed by atoms with van der Waals surface area (Å²) in [6.07, 6.45) is 0. The number of rotatable bonds is 5. The van der Waals surface area contributed by atoms with Crippen LogP contribution in [0.3, 0.4) is 0 Å². The third-order valence-corrected chi connectivity index (χ3v) is 10.7. The summed E-state index contributed by atoms with van der Waals surface area (Å²) in [4.78, 5) is 2.38. The molecular weight excluding hydrogens is 647 g/mol. The molecule has 0 bridgehead atoms. The average molecular weight is 678 g/mol. The van der Waals surface area contributed by atoms with Gasteiger partial charge in [-0.1, -0.05) is 127 Å². The van der Waals surface area contributed by atoms with Gasteiger partial charge in [0.05, 0.1) is 5.69 Å². The fourth-order valence-corrected chi connectivity index (χ4v) is 8.24. The average Bonchev–Trinajstić information content (AvgIpc) is 3.79. The quantitative estimate of drug-likeness (QED) is 0.170. The molecular formula is C50H31NO2. The highest BCUT2D eigenvalue weighted by molar-refractivity contribution is 6.22. The second kappa shape index (κ2) is 11.7. The Hall–Kier alpha value is -7.10. The normalized spacial score (nSPS) is 11.8. The highest BCUT2D eigenvalue weighted by Crippen LogP contribution is 2.50. The van der Waals surface area contributed by atoms with Crippen LogP contribution in [0, 0.1) is 0 Å². The molecule has 3 heteroatoms. The van der Waals surface area contributed by atoms with Crippen molar-refractivity contribution in [1.82, 2.24) is 0 Å². The fraction of sp³-hybridized carbons (Fsp3) is 0. The van der Waals surface area contributed by atoms with Crippen molar-refractivity contribution in [2.45, 2.75) is 0 Å². The van der Waals surface area contributed by atoms with Gasteiger partial charge in [-0.2, -0.15) is 0 Å². The van der Waals surface area contributed by atoms with Crippen LogP contribution >= 0.6 is 0 Å². The van der Waals surface area contributed by atoms with E-state index in [1.807, 2.05) is 18.2 Å².